The van der Waals surface area contributed by atoms with Crippen molar-refractivity contribution in [2.24, 2.45) is 5.92 Å². The number of nitrogens with zero attached hydrogens (tertiary/aromatic N) is 4. The number of fused-ring (bicyclic) bond motifs is 1. The molecule has 1 atom stereocenters. The number of hydrogen-bond donors (Lipinski definition) is 0. The van der Waals surface area contributed by atoms with E-state index in [1.807, 2.05) is 22.1 Å². The Morgan fingerprint density at radius 2 is 2.04 bits per heavy atom. The van der Waals surface area contributed by atoms with E-state index in [0.29, 0.717) is 6.54 Å². The van der Waals surface area contributed by atoms with Gasteiger partial charge in [0.25, 0.3) is 0 Å². The summed E-state index contributed by atoms with van der Waals surface area (Å²) in [6.07, 6.45) is 9.05. The molecule has 3 heterocycles. The number of rotatable bonds is 5. The predicted octanol–water partition coefficient (Wildman–Crippen LogP) is 2.66. The van der Waals surface area contributed by atoms with Crippen LogP contribution in [-0.2, 0) is 11.3 Å². The number of aromatic nitrogens is 2. The average Bonchev–Trinajstić information content (AvgIpc) is 3.23. The molecule has 24 heavy (non-hydrogen) atoms. The van der Waals surface area contributed by atoms with Gasteiger partial charge in [0.2, 0.25) is 0 Å². The monoisotopic (exact) mass is 332 g/mol. The smallest absolute Gasteiger partial charge is 0.320 e. The molecule has 0 spiro atoms. The third kappa shape index (κ3) is 3.29. The maximum Gasteiger partial charge on any atom is 0.320 e. The van der Waals surface area contributed by atoms with Crippen molar-refractivity contribution >= 4 is 6.03 Å². The van der Waals surface area contributed by atoms with Crippen molar-refractivity contribution in [1.29, 1.82) is 0 Å². The highest BCUT2D eigenvalue weighted by Crippen LogP contribution is 2.27. The van der Waals surface area contributed by atoms with E-state index in [1.165, 1.54) is 19.3 Å². The fourth-order valence-corrected chi connectivity index (χ4v) is 3.98. The highest BCUT2D eigenvalue weighted by atomic mass is 16.5. The van der Waals surface area contributed by atoms with Crippen LogP contribution in [0.4, 0.5) is 4.79 Å². The zero-order chi connectivity index (χ0) is 16.4. The van der Waals surface area contributed by atoms with Gasteiger partial charge in [-0.05, 0) is 44.1 Å². The minimum atomic E-state index is 0.195. The Morgan fingerprint density at radius 3 is 2.79 bits per heavy atom. The quantitative estimate of drug-likeness (QED) is 0.779. The second-order valence-corrected chi connectivity index (χ2v) is 7.44. The van der Waals surface area contributed by atoms with Gasteiger partial charge in [-0.1, -0.05) is 6.42 Å². The van der Waals surface area contributed by atoms with Crippen molar-refractivity contribution in [3.05, 3.63) is 18.0 Å². The lowest BCUT2D eigenvalue weighted by atomic mass is 9.86. The molecular formula is C18H28N4O2. The van der Waals surface area contributed by atoms with Crippen LogP contribution >= 0.6 is 0 Å². The van der Waals surface area contributed by atoms with Gasteiger partial charge in [0.1, 0.15) is 0 Å². The lowest BCUT2D eigenvalue weighted by Crippen LogP contribution is -2.47. The van der Waals surface area contributed by atoms with Crippen LogP contribution in [0.3, 0.4) is 0 Å². The number of likely N-dealkylation sites (tertiary alicyclic amines) is 1. The molecule has 0 radical (unpaired) electrons. The molecule has 132 valence electrons. The summed E-state index contributed by atoms with van der Waals surface area (Å²) in [5, 5.41) is 4.48. The zero-order valence-corrected chi connectivity index (χ0v) is 14.4. The van der Waals surface area contributed by atoms with Crippen molar-refractivity contribution in [2.75, 3.05) is 32.8 Å². The first kappa shape index (κ1) is 15.9. The van der Waals surface area contributed by atoms with E-state index >= 15 is 0 Å². The number of ether oxygens (including phenoxy) is 1. The summed E-state index contributed by atoms with van der Waals surface area (Å²) in [5.41, 5.74) is 1.14. The fourth-order valence-electron chi connectivity index (χ4n) is 3.98. The molecule has 6 heteroatoms. The normalized spacial score (nSPS) is 24.1. The molecule has 0 bridgehead atoms. The van der Waals surface area contributed by atoms with Crippen molar-refractivity contribution in [2.45, 2.75) is 51.1 Å². The molecule has 2 amide bonds. The number of carbonyl (C=O) groups is 1. The number of urea groups is 1. The van der Waals surface area contributed by atoms with E-state index < -0.39 is 0 Å². The molecule has 6 nitrogen and oxygen atoms in total. The molecule has 2 aliphatic heterocycles. The van der Waals surface area contributed by atoms with Crippen molar-refractivity contribution in [3.63, 3.8) is 0 Å². The summed E-state index contributed by atoms with van der Waals surface area (Å²) in [4.78, 5) is 16.7. The lowest BCUT2D eigenvalue weighted by molar-refractivity contribution is 0.0553. The Bertz CT molecular complexity index is 563. The molecule has 1 unspecified atom stereocenters. The topological polar surface area (TPSA) is 50.6 Å². The number of amides is 2. The van der Waals surface area contributed by atoms with Gasteiger partial charge < -0.3 is 14.5 Å². The first-order chi connectivity index (χ1) is 11.8. The van der Waals surface area contributed by atoms with Crippen LogP contribution < -0.4 is 0 Å². The second kappa shape index (κ2) is 7.13. The third-order valence-corrected chi connectivity index (χ3v) is 5.70. The van der Waals surface area contributed by atoms with E-state index in [9.17, 15) is 4.79 Å². The van der Waals surface area contributed by atoms with Crippen LogP contribution in [0.1, 0.15) is 50.3 Å². The standard InChI is InChI=1S/C18H28N4O2/c23-18(20-9-1-2-10-20)21-12-16-6-8-19-22(16)17(13-21)7-11-24-14-15-4-3-5-15/h6,8,15,17H,1-5,7,9-14H2. The average molecular weight is 332 g/mol. The van der Waals surface area contributed by atoms with Gasteiger partial charge in [0.15, 0.2) is 0 Å². The molecular weight excluding hydrogens is 304 g/mol. The van der Waals surface area contributed by atoms with Crippen LogP contribution in [0, 0.1) is 5.92 Å². The zero-order valence-electron chi connectivity index (χ0n) is 14.4. The minimum Gasteiger partial charge on any atom is -0.381 e. The first-order valence-corrected chi connectivity index (χ1v) is 9.45. The molecule has 1 aliphatic carbocycles. The van der Waals surface area contributed by atoms with E-state index in [2.05, 4.69) is 9.78 Å². The Kier molecular flexibility index (Phi) is 4.74. The molecule has 1 saturated heterocycles. The van der Waals surface area contributed by atoms with Crippen LogP contribution in [0.5, 0.6) is 0 Å². The Labute approximate surface area is 143 Å². The maximum absolute atomic E-state index is 12.7. The van der Waals surface area contributed by atoms with Crippen molar-refractivity contribution in [3.8, 4) is 0 Å². The molecule has 0 N–H and O–H groups in total. The van der Waals surface area contributed by atoms with E-state index in [1.54, 1.807) is 0 Å². The maximum atomic E-state index is 12.7. The summed E-state index contributed by atoms with van der Waals surface area (Å²) < 4.78 is 7.97. The molecule has 0 aromatic carbocycles. The summed E-state index contributed by atoms with van der Waals surface area (Å²) in [6.45, 7) is 4.89. The molecule has 4 rings (SSSR count). The van der Waals surface area contributed by atoms with E-state index in [0.717, 1.165) is 63.7 Å². The molecule has 1 saturated carbocycles. The summed E-state index contributed by atoms with van der Waals surface area (Å²) in [6, 6.07) is 2.46. The Morgan fingerprint density at radius 1 is 1.21 bits per heavy atom. The fraction of sp³-hybridized carbons (Fsp3) is 0.778. The summed E-state index contributed by atoms with van der Waals surface area (Å²) in [5.74, 6) is 0.782. The third-order valence-electron chi connectivity index (χ3n) is 5.70. The number of hydrogen-bond acceptors (Lipinski definition) is 3. The SMILES string of the molecule is O=C(N1CCCC1)N1Cc2ccnn2C(CCOCC2CCC2)C1. The van der Waals surface area contributed by atoms with Gasteiger partial charge >= 0.3 is 6.03 Å². The predicted molar refractivity (Wildman–Crippen MR) is 90.7 cm³/mol. The Hall–Kier alpha value is -1.56. The summed E-state index contributed by atoms with van der Waals surface area (Å²) in [7, 11) is 0. The minimum absolute atomic E-state index is 0.195. The summed E-state index contributed by atoms with van der Waals surface area (Å²) >= 11 is 0. The van der Waals surface area contributed by atoms with Crippen LogP contribution in [0.15, 0.2) is 12.3 Å². The van der Waals surface area contributed by atoms with E-state index in [-0.39, 0.29) is 12.1 Å². The van der Waals surface area contributed by atoms with Gasteiger partial charge in [-0.25, -0.2) is 4.79 Å². The molecule has 1 aromatic rings. The highest BCUT2D eigenvalue weighted by molar-refractivity contribution is 5.74. The van der Waals surface area contributed by atoms with Crippen molar-refractivity contribution < 1.29 is 9.53 Å². The van der Waals surface area contributed by atoms with Gasteiger partial charge in [0, 0.05) is 39.0 Å². The molecule has 1 aromatic heterocycles. The van der Waals surface area contributed by atoms with Gasteiger partial charge in [-0.2, -0.15) is 5.10 Å². The van der Waals surface area contributed by atoms with Gasteiger partial charge in [-0.3, -0.25) is 4.68 Å². The second-order valence-electron chi connectivity index (χ2n) is 7.44. The van der Waals surface area contributed by atoms with Crippen molar-refractivity contribution in [1.82, 2.24) is 19.6 Å². The number of carbonyl (C=O) groups excluding carboxylic acids is 1. The molecule has 3 aliphatic rings. The van der Waals surface area contributed by atoms with Crippen LogP contribution in [-0.4, -0.2) is 58.5 Å². The lowest BCUT2D eigenvalue weighted by Gasteiger charge is -2.36. The molecule has 2 fully saturated rings. The van der Waals surface area contributed by atoms with Crippen LogP contribution in [0.2, 0.25) is 0 Å². The van der Waals surface area contributed by atoms with Crippen LogP contribution in [0.25, 0.3) is 0 Å². The highest BCUT2D eigenvalue weighted by Gasteiger charge is 2.31. The largest absolute Gasteiger partial charge is 0.381 e. The van der Waals surface area contributed by atoms with Gasteiger partial charge in [-0.15, -0.1) is 0 Å². The Balaban J connectivity index is 1.34. The van der Waals surface area contributed by atoms with Gasteiger partial charge in [0.05, 0.1) is 18.3 Å². The van der Waals surface area contributed by atoms with E-state index in [4.69, 9.17) is 4.74 Å². The first-order valence-electron chi connectivity index (χ1n) is 9.45.